The normalized spacial score (nSPS) is 12.7. The molecule has 1 atom stereocenters. The lowest BCUT2D eigenvalue weighted by atomic mass is 10.2. The highest BCUT2D eigenvalue weighted by atomic mass is 35.5. The molecule has 0 radical (unpaired) electrons. The van der Waals surface area contributed by atoms with Crippen LogP contribution in [0.1, 0.15) is 24.2 Å². The molecule has 0 bridgehead atoms. The van der Waals surface area contributed by atoms with E-state index in [1.165, 1.54) is 0 Å². The number of nitrogens with zero attached hydrogens (tertiary/aromatic N) is 4. The van der Waals surface area contributed by atoms with Gasteiger partial charge >= 0.3 is 0 Å². The first-order chi connectivity index (χ1) is 10.2. The zero-order chi connectivity index (χ0) is 14.7. The lowest BCUT2D eigenvalue weighted by Gasteiger charge is -2.10. The molecule has 108 valence electrons. The first kappa shape index (κ1) is 14.0. The van der Waals surface area contributed by atoms with Crippen molar-refractivity contribution in [3.8, 4) is 0 Å². The fraction of sp³-hybridized carbons (Fsp3) is 0.267. The van der Waals surface area contributed by atoms with Crippen molar-refractivity contribution < 1.29 is 4.74 Å². The van der Waals surface area contributed by atoms with Crippen molar-refractivity contribution in [3.05, 3.63) is 59.0 Å². The summed E-state index contributed by atoms with van der Waals surface area (Å²) in [6.07, 6.45) is 0. The summed E-state index contributed by atoms with van der Waals surface area (Å²) in [5, 5.41) is 12.9. The van der Waals surface area contributed by atoms with Crippen molar-refractivity contribution in [2.24, 2.45) is 0 Å². The Morgan fingerprint density at radius 3 is 2.76 bits per heavy atom. The van der Waals surface area contributed by atoms with Gasteiger partial charge < -0.3 is 4.74 Å². The summed E-state index contributed by atoms with van der Waals surface area (Å²) < 4.78 is 7.41. The van der Waals surface area contributed by atoms with E-state index in [0.717, 1.165) is 11.4 Å². The highest BCUT2D eigenvalue weighted by Gasteiger charge is 2.15. The Kier molecular flexibility index (Phi) is 4.13. The summed E-state index contributed by atoms with van der Waals surface area (Å²) in [4.78, 5) is 0. The zero-order valence-corrected chi connectivity index (χ0v) is 12.4. The van der Waals surface area contributed by atoms with Crippen LogP contribution in [-0.2, 0) is 11.3 Å². The van der Waals surface area contributed by atoms with Gasteiger partial charge in [0.25, 0.3) is 0 Å². The first-order valence-electron chi connectivity index (χ1n) is 6.73. The number of aromatic nitrogens is 4. The zero-order valence-electron chi connectivity index (χ0n) is 11.6. The molecule has 0 spiro atoms. The van der Waals surface area contributed by atoms with Gasteiger partial charge in [0.05, 0.1) is 13.2 Å². The molecule has 1 aromatic carbocycles. The highest BCUT2D eigenvalue weighted by molar-refractivity contribution is 6.29. The molecule has 0 saturated heterocycles. The standard InChI is InChI=1S/C15H15ClN4O/c1-11(9-21-10-12-5-3-2-4-6-12)15-18-17-14-8-7-13(16)19-20(14)15/h2-8,11H,9-10H2,1H3. The minimum absolute atomic E-state index is 0.0784. The Labute approximate surface area is 127 Å². The van der Waals surface area contributed by atoms with Gasteiger partial charge in [-0.3, -0.25) is 0 Å². The van der Waals surface area contributed by atoms with E-state index >= 15 is 0 Å². The van der Waals surface area contributed by atoms with Crippen LogP contribution in [0.25, 0.3) is 5.65 Å². The predicted octanol–water partition coefficient (Wildman–Crippen LogP) is 3.10. The van der Waals surface area contributed by atoms with E-state index in [0.29, 0.717) is 24.0 Å². The average molecular weight is 303 g/mol. The Bertz CT molecular complexity index is 729. The molecule has 0 fully saturated rings. The van der Waals surface area contributed by atoms with Crippen molar-refractivity contribution in [3.63, 3.8) is 0 Å². The summed E-state index contributed by atoms with van der Waals surface area (Å²) >= 11 is 5.92. The number of hydrogen-bond donors (Lipinski definition) is 0. The van der Waals surface area contributed by atoms with Gasteiger partial charge in [-0.2, -0.15) is 9.61 Å². The second-order valence-electron chi connectivity index (χ2n) is 4.89. The summed E-state index contributed by atoms with van der Waals surface area (Å²) in [7, 11) is 0. The summed E-state index contributed by atoms with van der Waals surface area (Å²) in [6, 6.07) is 13.6. The number of hydrogen-bond acceptors (Lipinski definition) is 4. The van der Waals surface area contributed by atoms with Crippen LogP contribution in [-0.4, -0.2) is 26.4 Å². The van der Waals surface area contributed by atoms with Gasteiger partial charge in [-0.15, -0.1) is 10.2 Å². The molecule has 0 saturated carbocycles. The lowest BCUT2D eigenvalue weighted by molar-refractivity contribution is 0.108. The maximum absolute atomic E-state index is 5.92. The van der Waals surface area contributed by atoms with Gasteiger partial charge in [-0.25, -0.2) is 0 Å². The molecule has 5 nitrogen and oxygen atoms in total. The quantitative estimate of drug-likeness (QED) is 0.727. The van der Waals surface area contributed by atoms with E-state index in [4.69, 9.17) is 16.3 Å². The fourth-order valence-corrected chi connectivity index (χ4v) is 2.23. The molecule has 6 heteroatoms. The highest BCUT2D eigenvalue weighted by Crippen LogP contribution is 2.16. The first-order valence-corrected chi connectivity index (χ1v) is 7.11. The maximum atomic E-state index is 5.92. The third-order valence-corrected chi connectivity index (χ3v) is 3.38. The van der Waals surface area contributed by atoms with Crippen LogP contribution in [0.15, 0.2) is 42.5 Å². The number of halogens is 1. The minimum Gasteiger partial charge on any atom is -0.376 e. The van der Waals surface area contributed by atoms with Crippen molar-refractivity contribution in [1.82, 2.24) is 19.8 Å². The molecule has 2 aromatic heterocycles. The molecule has 0 aliphatic heterocycles. The van der Waals surface area contributed by atoms with Gasteiger partial charge in [-0.1, -0.05) is 48.9 Å². The molecule has 21 heavy (non-hydrogen) atoms. The van der Waals surface area contributed by atoms with E-state index in [1.54, 1.807) is 16.6 Å². The molecule has 3 aromatic rings. The topological polar surface area (TPSA) is 52.3 Å². The van der Waals surface area contributed by atoms with Crippen molar-refractivity contribution in [2.45, 2.75) is 19.4 Å². The van der Waals surface area contributed by atoms with Crippen LogP contribution in [0.4, 0.5) is 0 Å². The van der Waals surface area contributed by atoms with Gasteiger partial charge in [-0.05, 0) is 17.7 Å². The molecular weight excluding hydrogens is 288 g/mol. The molecule has 3 rings (SSSR count). The molecule has 0 aliphatic carbocycles. The summed E-state index contributed by atoms with van der Waals surface area (Å²) in [5.74, 6) is 0.829. The predicted molar refractivity (Wildman–Crippen MR) is 80.3 cm³/mol. The van der Waals surface area contributed by atoms with E-state index in [-0.39, 0.29) is 5.92 Å². The number of rotatable bonds is 5. The molecule has 1 unspecified atom stereocenters. The van der Waals surface area contributed by atoms with Gasteiger partial charge in [0, 0.05) is 5.92 Å². The van der Waals surface area contributed by atoms with Crippen LogP contribution in [0.2, 0.25) is 5.15 Å². The second kappa shape index (κ2) is 6.20. The fourth-order valence-electron chi connectivity index (χ4n) is 2.09. The van der Waals surface area contributed by atoms with Crippen molar-refractivity contribution >= 4 is 17.2 Å². The smallest absolute Gasteiger partial charge is 0.178 e. The Morgan fingerprint density at radius 2 is 1.95 bits per heavy atom. The monoisotopic (exact) mass is 302 g/mol. The van der Waals surface area contributed by atoms with Gasteiger partial charge in [0.15, 0.2) is 11.5 Å². The summed E-state index contributed by atoms with van der Waals surface area (Å²) in [6.45, 7) is 3.16. The van der Waals surface area contributed by atoms with Crippen molar-refractivity contribution in [1.29, 1.82) is 0 Å². The molecule has 0 amide bonds. The van der Waals surface area contributed by atoms with Gasteiger partial charge in [0.1, 0.15) is 5.15 Å². The maximum Gasteiger partial charge on any atom is 0.178 e. The molecule has 0 N–H and O–H groups in total. The van der Waals surface area contributed by atoms with E-state index in [9.17, 15) is 0 Å². The molecular formula is C15H15ClN4O. The Hall–Kier alpha value is -1.98. The van der Waals surface area contributed by atoms with Crippen LogP contribution >= 0.6 is 11.6 Å². The molecule has 2 heterocycles. The Balaban J connectivity index is 1.67. The Morgan fingerprint density at radius 1 is 1.14 bits per heavy atom. The van der Waals surface area contributed by atoms with Gasteiger partial charge in [0.2, 0.25) is 0 Å². The van der Waals surface area contributed by atoms with Crippen LogP contribution < -0.4 is 0 Å². The van der Waals surface area contributed by atoms with E-state index < -0.39 is 0 Å². The second-order valence-corrected chi connectivity index (χ2v) is 5.27. The molecule has 0 aliphatic rings. The average Bonchev–Trinajstić information content (AvgIpc) is 2.91. The lowest BCUT2D eigenvalue weighted by Crippen LogP contribution is -2.10. The number of ether oxygens (including phenoxy) is 1. The third-order valence-electron chi connectivity index (χ3n) is 3.17. The van der Waals surface area contributed by atoms with Crippen molar-refractivity contribution in [2.75, 3.05) is 6.61 Å². The third kappa shape index (κ3) is 3.20. The van der Waals surface area contributed by atoms with Crippen LogP contribution in [0, 0.1) is 0 Å². The number of fused-ring (bicyclic) bond motifs is 1. The van der Waals surface area contributed by atoms with Crippen LogP contribution in [0.3, 0.4) is 0 Å². The SMILES string of the molecule is CC(COCc1ccccc1)c1nnc2ccc(Cl)nn12. The summed E-state index contributed by atoms with van der Waals surface area (Å²) in [5.41, 5.74) is 1.83. The van der Waals surface area contributed by atoms with Crippen LogP contribution in [0.5, 0.6) is 0 Å². The largest absolute Gasteiger partial charge is 0.376 e. The van der Waals surface area contributed by atoms with E-state index in [2.05, 4.69) is 15.3 Å². The minimum atomic E-state index is 0.0784. The van der Waals surface area contributed by atoms with E-state index in [1.807, 2.05) is 37.3 Å². The number of benzene rings is 1.